The normalized spacial score (nSPS) is 21.6. The average molecular weight is 453 g/mol. The van der Waals surface area contributed by atoms with Gasteiger partial charge in [-0.3, -0.25) is 4.79 Å². The van der Waals surface area contributed by atoms with Crippen LogP contribution in [0.3, 0.4) is 0 Å². The van der Waals surface area contributed by atoms with Crippen LogP contribution in [0.1, 0.15) is 47.8 Å². The highest BCUT2D eigenvalue weighted by molar-refractivity contribution is 6.08. The lowest BCUT2D eigenvalue weighted by Crippen LogP contribution is -2.50. The second-order valence-electron chi connectivity index (χ2n) is 9.23. The quantitative estimate of drug-likeness (QED) is 0.492. The zero-order chi connectivity index (χ0) is 24.0. The minimum Gasteiger partial charge on any atom is -0.504 e. The largest absolute Gasteiger partial charge is 0.504 e. The molecule has 0 bridgehead atoms. The van der Waals surface area contributed by atoms with Crippen LogP contribution in [-0.2, 0) is 11.2 Å². The summed E-state index contributed by atoms with van der Waals surface area (Å²) in [4.78, 5) is 12.5. The third kappa shape index (κ3) is 3.41. The Balaban J connectivity index is 1.69. The Morgan fingerprint density at radius 2 is 1.56 bits per heavy atom. The van der Waals surface area contributed by atoms with Gasteiger partial charge in [0.1, 0.15) is 0 Å². The number of hydrogen-bond acceptors (Lipinski definition) is 4. The zero-order valence-corrected chi connectivity index (χ0v) is 19.9. The Hall–Kier alpha value is -3.79. The summed E-state index contributed by atoms with van der Waals surface area (Å²) in [5, 5.41) is 10.7. The fraction of sp³-hybridized carbons (Fsp3) is 0.233. The van der Waals surface area contributed by atoms with Gasteiger partial charge in [0.25, 0.3) is 0 Å². The van der Waals surface area contributed by atoms with Crippen LogP contribution in [-0.4, -0.2) is 16.5 Å². The molecule has 1 aliphatic heterocycles. The predicted octanol–water partition coefficient (Wildman–Crippen LogP) is 6.51. The molecule has 2 unspecified atom stereocenters. The molecule has 1 spiro atoms. The van der Waals surface area contributed by atoms with E-state index in [1.54, 1.807) is 19.9 Å². The number of ether oxygens (including phenoxy) is 2. The molecule has 0 amide bonds. The number of benzene rings is 3. The smallest absolute Gasteiger partial charge is 0.222 e. The first-order chi connectivity index (χ1) is 16.3. The van der Waals surface area contributed by atoms with Crippen molar-refractivity contribution in [1.29, 1.82) is 0 Å². The molecule has 2 atom stereocenters. The summed E-state index contributed by atoms with van der Waals surface area (Å²) in [7, 11) is 0. The van der Waals surface area contributed by atoms with Crippen molar-refractivity contribution in [3.8, 4) is 11.5 Å². The first-order valence-electron chi connectivity index (χ1n) is 11.5. The monoisotopic (exact) mass is 452 g/mol. The molecule has 1 N–H and O–H groups in total. The van der Waals surface area contributed by atoms with Gasteiger partial charge in [0, 0.05) is 11.1 Å². The molecular formula is C30H28O4. The lowest BCUT2D eigenvalue weighted by Gasteiger charge is -2.46. The van der Waals surface area contributed by atoms with Gasteiger partial charge in [-0.1, -0.05) is 66.7 Å². The van der Waals surface area contributed by atoms with Gasteiger partial charge >= 0.3 is 0 Å². The summed E-state index contributed by atoms with van der Waals surface area (Å²) in [5.74, 6) is 0.700. The average Bonchev–Trinajstić information content (AvgIpc) is 2.85. The molecule has 3 aromatic carbocycles. The zero-order valence-electron chi connectivity index (χ0n) is 19.9. The van der Waals surface area contributed by atoms with Crippen molar-refractivity contribution < 1.29 is 19.4 Å². The third-order valence-electron chi connectivity index (χ3n) is 6.96. The van der Waals surface area contributed by atoms with Crippen molar-refractivity contribution in [2.75, 3.05) is 0 Å². The highest BCUT2D eigenvalue weighted by Crippen LogP contribution is 2.53. The van der Waals surface area contributed by atoms with Crippen LogP contribution >= 0.6 is 0 Å². The lowest BCUT2D eigenvalue weighted by atomic mass is 9.77. The van der Waals surface area contributed by atoms with E-state index in [0.717, 1.165) is 23.1 Å². The molecule has 34 heavy (non-hydrogen) atoms. The van der Waals surface area contributed by atoms with Crippen LogP contribution in [0.2, 0.25) is 0 Å². The summed E-state index contributed by atoms with van der Waals surface area (Å²) in [6, 6.07) is 22.3. The summed E-state index contributed by atoms with van der Waals surface area (Å²) in [6.07, 6.45) is 2.02. The third-order valence-corrected chi connectivity index (χ3v) is 6.96. The molecular weight excluding hydrogens is 424 g/mol. The number of aliphatic hydroxyl groups is 1. The van der Waals surface area contributed by atoms with Gasteiger partial charge in [-0.15, -0.1) is 0 Å². The number of carbonyl (C=O) groups excluding carboxylic acids is 1. The number of carbonyl (C=O) groups is 1. The summed E-state index contributed by atoms with van der Waals surface area (Å²) in [5.41, 5.74) is 5.05. The molecule has 0 radical (unpaired) electrons. The molecule has 0 saturated heterocycles. The molecule has 5 rings (SSSR count). The van der Waals surface area contributed by atoms with Crippen LogP contribution in [0.4, 0.5) is 0 Å². The molecule has 4 nitrogen and oxygen atoms in total. The van der Waals surface area contributed by atoms with Crippen molar-refractivity contribution in [1.82, 2.24) is 0 Å². The second-order valence-corrected chi connectivity index (χ2v) is 9.23. The van der Waals surface area contributed by atoms with E-state index in [4.69, 9.17) is 9.47 Å². The molecule has 3 aromatic rings. The van der Waals surface area contributed by atoms with Crippen LogP contribution in [0.15, 0.2) is 89.7 Å². The van der Waals surface area contributed by atoms with E-state index < -0.39 is 11.7 Å². The summed E-state index contributed by atoms with van der Waals surface area (Å²) < 4.78 is 13.6. The number of hydrogen-bond donors (Lipinski definition) is 1. The number of rotatable bonds is 3. The molecule has 0 saturated carbocycles. The van der Waals surface area contributed by atoms with E-state index >= 15 is 0 Å². The number of allylic oxidation sites excluding steroid dienone is 1. The van der Waals surface area contributed by atoms with Gasteiger partial charge in [0.05, 0.1) is 0 Å². The lowest BCUT2D eigenvalue weighted by molar-refractivity contribution is -0.115. The number of aliphatic hydroxyl groups excluding tert-OH is 1. The second kappa shape index (κ2) is 8.21. The Morgan fingerprint density at radius 3 is 2.24 bits per heavy atom. The molecule has 0 fully saturated rings. The maximum atomic E-state index is 12.5. The van der Waals surface area contributed by atoms with E-state index in [1.165, 1.54) is 11.1 Å². The molecule has 1 heterocycles. The minimum absolute atomic E-state index is 0.275. The number of fused-ring (bicyclic) bond motifs is 1. The predicted molar refractivity (Wildman–Crippen MR) is 132 cm³/mol. The van der Waals surface area contributed by atoms with Crippen LogP contribution in [0.25, 0.3) is 0 Å². The van der Waals surface area contributed by atoms with E-state index in [1.807, 2.05) is 55.5 Å². The van der Waals surface area contributed by atoms with Crippen molar-refractivity contribution in [2.45, 2.75) is 45.8 Å². The standard InChI is InChI=1S/C30H28O4/c1-18-15-24(16-22-11-7-5-8-12-22)20(3)28-27(18)34-30(17-19(2)25(31)26(32)21(30)4)29(33-28)23-13-9-6-10-14-23/h5-15,17,29,32H,16H2,1-4H3. The SMILES string of the molecule is CC1=CC2(Oc3c(C)cc(Cc4ccccc4)c(C)c3OC2c2ccccc2)C(C)=C(O)C1=O. The number of Topliss-reactive ketones (excluding diaryl/α,β-unsaturated/α-hetero) is 1. The fourth-order valence-electron chi connectivity index (χ4n) is 4.99. The van der Waals surface area contributed by atoms with Gasteiger partial charge in [-0.05, 0) is 68.0 Å². The highest BCUT2D eigenvalue weighted by atomic mass is 16.6. The fourth-order valence-corrected chi connectivity index (χ4v) is 4.99. The Labute approximate surface area is 200 Å². The maximum absolute atomic E-state index is 12.5. The molecule has 172 valence electrons. The van der Waals surface area contributed by atoms with Crippen molar-refractivity contribution >= 4 is 5.78 Å². The molecule has 0 aromatic heterocycles. The highest BCUT2D eigenvalue weighted by Gasteiger charge is 2.52. The Morgan fingerprint density at radius 1 is 0.912 bits per heavy atom. The van der Waals surface area contributed by atoms with E-state index in [-0.39, 0.29) is 11.5 Å². The molecule has 4 heteroatoms. The van der Waals surface area contributed by atoms with Crippen LogP contribution in [0, 0.1) is 13.8 Å². The Bertz CT molecular complexity index is 1340. The van der Waals surface area contributed by atoms with E-state index in [9.17, 15) is 9.90 Å². The Kier molecular flexibility index (Phi) is 5.32. The molecule has 1 aliphatic carbocycles. The first kappa shape index (κ1) is 22.0. The van der Waals surface area contributed by atoms with Crippen molar-refractivity contribution in [3.05, 3.63) is 118 Å². The van der Waals surface area contributed by atoms with Crippen LogP contribution < -0.4 is 9.47 Å². The number of aryl methyl sites for hydroxylation is 1. The van der Waals surface area contributed by atoms with Crippen LogP contribution in [0.5, 0.6) is 11.5 Å². The van der Waals surface area contributed by atoms with Gasteiger partial charge in [0.2, 0.25) is 5.78 Å². The topological polar surface area (TPSA) is 55.8 Å². The van der Waals surface area contributed by atoms with Crippen molar-refractivity contribution in [3.63, 3.8) is 0 Å². The van der Waals surface area contributed by atoms with E-state index in [2.05, 4.69) is 25.1 Å². The molecule has 2 aliphatic rings. The van der Waals surface area contributed by atoms with Crippen molar-refractivity contribution in [2.24, 2.45) is 0 Å². The number of ketones is 1. The van der Waals surface area contributed by atoms with Gasteiger partial charge < -0.3 is 14.6 Å². The maximum Gasteiger partial charge on any atom is 0.222 e. The first-order valence-corrected chi connectivity index (χ1v) is 11.5. The van der Waals surface area contributed by atoms with Gasteiger partial charge in [-0.25, -0.2) is 0 Å². The van der Waals surface area contributed by atoms with E-state index in [0.29, 0.717) is 22.6 Å². The minimum atomic E-state index is -1.13. The van der Waals surface area contributed by atoms with Gasteiger partial charge in [0.15, 0.2) is 29.0 Å². The summed E-state index contributed by atoms with van der Waals surface area (Å²) in [6.45, 7) is 7.52. The van der Waals surface area contributed by atoms with Gasteiger partial charge in [-0.2, -0.15) is 0 Å². The summed E-state index contributed by atoms with van der Waals surface area (Å²) >= 11 is 0.